The van der Waals surface area contributed by atoms with Crippen molar-refractivity contribution in [3.63, 3.8) is 0 Å². The molecule has 0 spiro atoms. The number of carboxylic acid groups (broad SMARTS) is 1. The van der Waals surface area contributed by atoms with Crippen LogP contribution < -0.4 is 5.32 Å². The van der Waals surface area contributed by atoms with Gasteiger partial charge in [-0.3, -0.25) is 4.79 Å². The van der Waals surface area contributed by atoms with E-state index in [1.807, 2.05) is 18.2 Å². The van der Waals surface area contributed by atoms with E-state index in [2.05, 4.69) is 20.7 Å². The number of rotatable bonds is 4. The summed E-state index contributed by atoms with van der Waals surface area (Å²) in [6, 6.07) is 13.7. The van der Waals surface area contributed by atoms with Crippen molar-refractivity contribution in [3.05, 3.63) is 65.5 Å². The molecular formula is C16H13N5O3. The van der Waals surface area contributed by atoms with Gasteiger partial charge in [-0.15, -0.1) is 15.0 Å². The number of hydrogen-bond donors (Lipinski definition) is 2. The largest absolute Gasteiger partial charge is 0.478 e. The predicted octanol–water partition coefficient (Wildman–Crippen LogP) is 1.92. The van der Waals surface area contributed by atoms with Crippen LogP contribution in [0.25, 0.3) is 5.69 Å². The Morgan fingerprint density at radius 1 is 1.08 bits per heavy atom. The number of carbonyl (C=O) groups excluding carboxylic acids is 1. The standard InChI is InChI=1S/C16H13N5O3/c1-10-12(16(23)24)8-5-9-13(10)17-15(22)14-18-20-21(19-14)11-6-3-2-4-7-11/h2-9H,1H3,(H,17,22)(H,23,24). The van der Waals surface area contributed by atoms with Gasteiger partial charge in [-0.05, 0) is 42.0 Å². The summed E-state index contributed by atoms with van der Waals surface area (Å²) in [7, 11) is 0. The van der Waals surface area contributed by atoms with Crippen LogP contribution in [0.1, 0.15) is 26.5 Å². The highest BCUT2D eigenvalue weighted by atomic mass is 16.4. The van der Waals surface area contributed by atoms with Gasteiger partial charge in [0, 0.05) is 5.69 Å². The Kier molecular flexibility index (Phi) is 4.02. The molecule has 1 amide bonds. The first-order valence-corrected chi connectivity index (χ1v) is 7.06. The van der Waals surface area contributed by atoms with Gasteiger partial charge in [0.2, 0.25) is 0 Å². The molecule has 0 bridgehead atoms. The van der Waals surface area contributed by atoms with Gasteiger partial charge in [-0.25, -0.2) is 4.79 Å². The highest BCUT2D eigenvalue weighted by molar-refractivity contribution is 6.03. The smallest absolute Gasteiger partial charge is 0.336 e. The molecule has 0 aliphatic rings. The predicted molar refractivity (Wildman–Crippen MR) is 85.2 cm³/mol. The Balaban J connectivity index is 1.83. The molecule has 120 valence electrons. The molecule has 8 heteroatoms. The van der Waals surface area contributed by atoms with Gasteiger partial charge in [0.05, 0.1) is 11.3 Å². The van der Waals surface area contributed by atoms with Crippen molar-refractivity contribution in [2.24, 2.45) is 0 Å². The molecule has 8 nitrogen and oxygen atoms in total. The molecule has 1 heterocycles. The minimum absolute atomic E-state index is 0.112. The minimum atomic E-state index is -1.06. The summed E-state index contributed by atoms with van der Waals surface area (Å²) in [6.45, 7) is 1.62. The summed E-state index contributed by atoms with van der Waals surface area (Å²) in [5.74, 6) is -1.74. The van der Waals surface area contributed by atoms with Crippen molar-refractivity contribution in [2.75, 3.05) is 5.32 Å². The Bertz CT molecular complexity index is 905. The van der Waals surface area contributed by atoms with Crippen LogP contribution in [0.2, 0.25) is 0 Å². The lowest BCUT2D eigenvalue weighted by Gasteiger charge is -2.08. The Morgan fingerprint density at radius 2 is 1.83 bits per heavy atom. The van der Waals surface area contributed by atoms with Crippen LogP contribution in [0, 0.1) is 6.92 Å². The molecule has 0 saturated carbocycles. The number of hydrogen-bond acceptors (Lipinski definition) is 5. The Morgan fingerprint density at radius 3 is 2.54 bits per heavy atom. The number of nitrogens with zero attached hydrogens (tertiary/aromatic N) is 4. The van der Waals surface area contributed by atoms with Gasteiger partial charge >= 0.3 is 5.97 Å². The van der Waals surface area contributed by atoms with E-state index in [9.17, 15) is 9.59 Å². The van der Waals surface area contributed by atoms with E-state index in [1.54, 1.807) is 31.2 Å². The first-order chi connectivity index (χ1) is 11.6. The second kappa shape index (κ2) is 6.29. The molecule has 0 fully saturated rings. The van der Waals surface area contributed by atoms with Crippen molar-refractivity contribution in [1.29, 1.82) is 0 Å². The van der Waals surface area contributed by atoms with Crippen molar-refractivity contribution >= 4 is 17.6 Å². The minimum Gasteiger partial charge on any atom is -0.478 e. The number of anilines is 1. The van der Waals surface area contributed by atoms with Gasteiger partial charge in [-0.2, -0.15) is 0 Å². The van der Waals surface area contributed by atoms with E-state index in [4.69, 9.17) is 5.11 Å². The maximum absolute atomic E-state index is 12.3. The van der Waals surface area contributed by atoms with E-state index in [0.717, 1.165) is 0 Å². The fraction of sp³-hybridized carbons (Fsp3) is 0.0625. The van der Waals surface area contributed by atoms with Crippen LogP contribution in [-0.4, -0.2) is 37.2 Å². The lowest BCUT2D eigenvalue weighted by Crippen LogP contribution is -2.16. The molecule has 0 radical (unpaired) electrons. The zero-order valence-electron chi connectivity index (χ0n) is 12.7. The average molecular weight is 323 g/mol. The molecule has 3 aromatic rings. The van der Waals surface area contributed by atoms with Gasteiger partial charge < -0.3 is 10.4 Å². The first kappa shape index (κ1) is 15.3. The summed E-state index contributed by atoms with van der Waals surface area (Å²) in [5.41, 5.74) is 1.63. The third-order valence-corrected chi connectivity index (χ3v) is 3.42. The summed E-state index contributed by atoms with van der Waals surface area (Å²) in [5, 5.41) is 23.3. The number of aromatic carboxylic acids is 1. The van der Waals surface area contributed by atoms with Gasteiger partial charge in [0.15, 0.2) is 0 Å². The second-order valence-electron chi connectivity index (χ2n) is 4.98. The Labute approximate surface area is 136 Å². The average Bonchev–Trinajstić information content (AvgIpc) is 3.07. The third kappa shape index (κ3) is 2.98. The number of nitrogens with one attached hydrogen (secondary N) is 1. The van der Waals surface area contributed by atoms with Crippen LogP contribution in [0.4, 0.5) is 5.69 Å². The molecule has 0 aliphatic heterocycles. The molecular weight excluding hydrogens is 310 g/mol. The topological polar surface area (TPSA) is 110 Å². The van der Waals surface area contributed by atoms with Crippen molar-refractivity contribution in [1.82, 2.24) is 20.2 Å². The monoisotopic (exact) mass is 323 g/mol. The zero-order chi connectivity index (χ0) is 17.1. The summed E-state index contributed by atoms with van der Waals surface area (Å²) in [6.07, 6.45) is 0. The molecule has 0 atom stereocenters. The lowest BCUT2D eigenvalue weighted by molar-refractivity contribution is 0.0695. The number of para-hydroxylation sites is 1. The highest BCUT2D eigenvalue weighted by Gasteiger charge is 2.17. The molecule has 0 saturated heterocycles. The van der Waals surface area contributed by atoms with E-state index >= 15 is 0 Å². The van der Waals surface area contributed by atoms with Gasteiger partial charge in [0.25, 0.3) is 11.7 Å². The number of amides is 1. The third-order valence-electron chi connectivity index (χ3n) is 3.42. The highest BCUT2D eigenvalue weighted by Crippen LogP contribution is 2.19. The Hall–Kier alpha value is -3.55. The van der Waals surface area contributed by atoms with Gasteiger partial charge in [-0.1, -0.05) is 24.3 Å². The molecule has 2 N–H and O–H groups in total. The zero-order valence-corrected chi connectivity index (χ0v) is 12.7. The number of tetrazole rings is 1. The van der Waals surface area contributed by atoms with E-state index < -0.39 is 11.9 Å². The maximum atomic E-state index is 12.3. The molecule has 2 aromatic carbocycles. The number of carboxylic acids is 1. The first-order valence-electron chi connectivity index (χ1n) is 7.06. The van der Waals surface area contributed by atoms with Crippen molar-refractivity contribution < 1.29 is 14.7 Å². The number of benzene rings is 2. The summed E-state index contributed by atoms with van der Waals surface area (Å²) < 4.78 is 0. The van der Waals surface area contributed by atoms with Crippen LogP contribution in [0.5, 0.6) is 0 Å². The molecule has 24 heavy (non-hydrogen) atoms. The molecule has 3 rings (SSSR count). The fourth-order valence-corrected chi connectivity index (χ4v) is 2.16. The molecule has 0 unspecified atom stereocenters. The SMILES string of the molecule is Cc1c(NC(=O)c2nnn(-c3ccccc3)n2)cccc1C(=O)O. The van der Waals surface area contributed by atoms with E-state index in [0.29, 0.717) is 16.9 Å². The summed E-state index contributed by atoms with van der Waals surface area (Å²) in [4.78, 5) is 24.6. The van der Waals surface area contributed by atoms with Crippen molar-refractivity contribution in [2.45, 2.75) is 6.92 Å². The van der Waals surface area contributed by atoms with Crippen LogP contribution >= 0.6 is 0 Å². The van der Waals surface area contributed by atoms with Crippen molar-refractivity contribution in [3.8, 4) is 5.69 Å². The van der Waals surface area contributed by atoms with E-state index in [1.165, 1.54) is 10.9 Å². The van der Waals surface area contributed by atoms with Crippen LogP contribution in [0.15, 0.2) is 48.5 Å². The maximum Gasteiger partial charge on any atom is 0.336 e. The quantitative estimate of drug-likeness (QED) is 0.759. The second-order valence-corrected chi connectivity index (χ2v) is 4.98. The van der Waals surface area contributed by atoms with Crippen LogP contribution in [0.3, 0.4) is 0 Å². The summed E-state index contributed by atoms with van der Waals surface area (Å²) >= 11 is 0. The number of carbonyl (C=O) groups is 2. The molecule has 0 aliphatic carbocycles. The normalized spacial score (nSPS) is 10.4. The fourth-order valence-electron chi connectivity index (χ4n) is 2.16. The van der Waals surface area contributed by atoms with Crippen LogP contribution in [-0.2, 0) is 0 Å². The van der Waals surface area contributed by atoms with E-state index in [-0.39, 0.29) is 11.4 Å². The molecule has 1 aromatic heterocycles. The lowest BCUT2D eigenvalue weighted by atomic mass is 10.1. The number of aromatic nitrogens is 4. The van der Waals surface area contributed by atoms with Gasteiger partial charge in [0.1, 0.15) is 0 Å².